The molecule has 0 aromatic heterocycles. The van der Waals surface area contributed by atoms with E-state index in [1.807, 2.05) is 13.8 Å². The highest BCUT2D eigenvalue weighted by atomic mass is 16.8. The Bertz CT molecular complexity index is 1810. The number of aliphatic hydroxyl groups is 8. The molecule has 17 heteroatoms. The fourth-order valence-corrected chi connectivity index (χ4v) is 16.5. The normalized spacial score (nSPS) is 56.7. The van der Waals surface area contributed by atoms with Crippen LogP contribution in [0.3, 0.4) is 0 Å². The molecule has 9 fully saturated rings. The van der Waals surface area contributed by atoms with E-state index in [1.165, 1.54) is 6.92 Å². The lowest BCUT2D eigenvalue weighted by atomic mass is 9.41. The van der Waals surface area contributed by atoms with Crippen molar-refractivity contribution in [1.29, 1.82) is 0 Å². The zero-order valence-corrected chi connectivity index (χ0v) is 40.6. The lowest BCUT2D eigenvalue weighted by molar-refractivity contribution is -0.363. The maximum atomic E-state index is 12.5. The predicted octanol–water partition coefficient (Wildman–Crippen LogP) is 1.92. The molecular weight excluding hydrogens is 861 g/mol. The molecule has 66 heavy (non-hydrogen) atoms. The lowest BCUT2D eigenvalue weighted by Crippen LogP contribution is -2.65. The topological polar surface area (TPSA) is 253 Å². The van der Waals surface area contributed by atoms with Crippen molar-refractivity contribution < 1.29 is 83.5 Å². The molecule has 0 bridgehead atoms. The van der Waals surface area contributed by atoms with Crippen LogP contribution in [-0.4, -0.2) is 170 Å². The van der Waals surface area contributed by atoms with Crippen molar-refractivity contribution >= 4 is 5.97 Å². The van der Waals surface area contributed by atoms with Gasteiger partial charge in [-0.25, -0.2) is 0 Å². The van der Waals surface area contributed by atoms with Crippen LogP contribution in [0.4, 0.5) is 0 Å². The number of hydrogen-bond donors (Lipinski definition) is 8. The minimum atomic E-state index is -1.51. The van der Waals surface area contributed by atoms with E-state index in [4.69, 9.17) is 37.9 Å². The Labute approximate surface area is 389 Å². The summed E-state index contributed by atoms with van der Waals surface area (Å²) in [4.78, 5) is 12.5. The van der Waals surface area contributed by atoms with Gasteiger partial charge in [0.2, 0.25) is 0 Å². The van der Waals surface area contributed by atoms with E-state index in [-0.39, 0.29) is 58.5 Å². The van der Waals surface area contributed by atoms with Gasteiger partial charge in [-0.2, -0.15) is 0 Å². The monoisotopic (exact) mass is 941 g/mol. The van der Waals surface area contributed by atoms with Crippen LogP contribution in [0, 0.1) is 56.7 Å². The second kappa shape index (κ2) is 16.7. The zero-order valence-electron chi connectivity index (χ0n) is 40.6. The Balaban J connectivity index is 1.04. The Hall–Kier alpha value is -1.13. The van der Waals surface area contributed by atoms with Crippen molar-refractivity contribution in [2.75, 3.05) is 19.8 Å². The van der Waals surface area contributed by atoms with Gasteiger partial charge >= 0.3 is 5.97 Å². The molecule has 0 radical (unpaired) electrons. The van der Waals surface area contributed by atoms with Gasteiger partial charge in [-0.3, -0.25) is 4.79 Å². The molecular formula is C49H80O17. The van der Waals surface area contributed by atoms with Gasteiger partial charge < -0.3 is 78.7 Å². The van der Waals surface area contributed by atoms with Gasteiger partial charge in [0.25, 0.3) is 0 Å². The standard InChI is InChI=1S/C49H80O17/c1-22-23(2)62-41(34(56)32(22)54)66-37-36(63-24(3)50)28(53)20-60-42(37)65-31-11-12-49-21-48(49)14-13-45(8)38(47(10)16-25(18-61-47)44(6,7)58)26(51)17-46(45,9)30(48)15-29(39(49)43(31,4)5)64-40-35(57)33(55)27(52)19-59-40/h22-23,25-42,51-58H,11-21H2,1-10H3. The highest BCUT2D eigenvalue weighted by molar-refractivity contribution is 5.66. The quantitative estimate of drug-likeness (QED) is 0.121. The summed E-state index contributed by atoms with van der Waals surface area (Å²) in [6.45, 7) is 19.5. The van der Waals surface area contributed by atoms with E-state index in [9.17, 15) is 45.6 Å². The van der Waals surface area contributed by atoms with Gasteiger partial charge in [0.15, 0.2) is 31.1 Å². The van der Waals surface area contributed by atoms with Gasteiger partial charge in [-0.1, -0.05) is 34.6 Å². The highest BCUT2D eigenvalue weighted by Gasteiger charge is 2.85. The smallest absolute Gasteiger partial charge is 0.303 e. The molecule has 9 rings (SSSR count). The summed E-state index contributed by atoms with van der Waals surface area (Å²) in [6, 6.07) is 0. The average molecular weight is 941 g/mol. The number of ether oxygens (including phenoxy) is 8. The van der Waals surface area contributed by atoms with Gasteiger partial charge in [-0.15, -0.1) is 0 Å². The summed E-state index contributed by atoms with van der Waals surface area (Å²) in [5.41, 5.74) is -3.27. The van der Waals surface area contributed by atoms with Crippen LogP contribution < -0.4 is 0 Å². The number of aliphatic hydroxyl groups excluding tert-OH is 7. The first-order chi connectivity index (χ1) is 30.7. The van der Waals surface area contributed by atoms with E-state index in [2.05, 4.69) is 34.6 Å². The van der Waals surface area contributed by atoms with E-state index in [1.54, 1.807) is 13.8 Å². The number of hydrogen-bond acceptors (Lipinski definition) is 17. The van der Waals surface area contributed by atoms with Gasteiger partial charge in [0.1, 0.15) is 30.5 Å². The first kappa shape index (κ1) is 49.8. The third-order valence-electron chi connectivity index (χ3n) is 20.2. The van der Waals surface area contributed by atoms with Crippen molar-refractivity contribution in [2.45, 2.75) is 224 Å². The Kier molecular flexibility index (Phi) is 12.6. The number of esters is 1. The molecule has 4 aliphatic heterocycles. The third-order valence-corrected chi connectivity index (χ3v) is 20.2. The summed E-state index contributed by atoms with van der Waals surface area (Å²) in [5, 5.41) is 89.2. The van der Waals surface area contributed by atoms with Crippen LogP contribution in [-0.2, 0) is 42.7 Å². The Morgan fingerprint density at radius 2 is 1.35 bits per heavy atom. The Morgan fingerprint density at radius 1 is 0.682 bits per heavy atom. The molecule has 4 saturated heterocycles. The van der Waals surface area contributed by atoms with Crippen LogP contribution in [0.1, 0.15) is 121 Å². The van der Waals surface area contributed by atoms with E-state index >= 15 is 0 Å². The number of fused-ring (bicyclic) bond motifs is 2. The maximum absolute atomic E-state index is 12.5. The second-order valence-electron chi connectivity index (χ2n) is 24.4. The molecule has 4 heterocycles. The van der Waals surface area contributed by atoms with Crippen molar-refractivity contribution in [2.24, 2.45) is 56.7 Å². The van der Waals surface area contributed by atoms with Crippen LogP contribution >= 0.6 is 0 Å². The predicted molar refractivity (Wildman–Crippen MR) is 232 cm³/mol. The van der Waals surface area contributed by atoms with E-state index < -0.39 is 121 Å². The fraction of sp³-hybridized carbons (Fsp3) is 0.980. The van der Waals surface area contributed by atoms with Crippen LogP contribution in [0.25, 0.3) is 0 Å². The van der Waals surface area contributed by atoms with E-state index in [0.29, 0.717) is 32.3 Å². The van der Waals surface area contributed by atoms with Crippen molar-refractivity contribution in [3.63, 3.8) is 0 Å². The van der Waals surface area contributed by atoms with Crippen molar-refractivity contribution in [3.8, 4) is 0 Å². The molecule has 0 amide bonds. The van der Waals surface area contributed by atoms with Crippen LogP contribution in [0.15, 0.2) is 0 Å². The summed E-state index contributed by atoms with van der Waals surface area (Å²) in [6.07, 6.45) is -10.8. The largest absolute Gasteiger partial charge is 0.457 e. The molecule has 0 aromatic carbocycles. The molecule has 8 N–H and O–H groups in total. The molecule has 25 atom stereocenters. The summed E-state index contributed by atoms with van der Waals surface area (Å²) < 4.78 is 50.9. The lowest BCUT2D eigenvalue weighted by Gasteiger charge is -2.65. The number of rotatable bonds is 9. The zero-order chi connectivity index (χ0) is 48.1. The van der Waals surface area contributed by atoms with Gasteiger partial charge in [-0.05, 0) is 118 Å². The van der Waals surface area contributed by atoms with Gasteiger partial charge in [0.05, 0.1) is 61.5 Å². The van der Waals surface area contributed by atoms with Crippen LogP contribution in [0.5, 0.6) is 0 Å². The first-order valence-corrected chi connectivity index (χ1v) is 24.8. The Morgan fingerprint density at radius 3 is 2.02 bits per heavy atom. The summed E-state index contributed by atoms with van der Waals surface area (Å²) in [7, 11) is 0. The molecule has 17 nitrogen and oxygen atoms in total. The van der Waals surface area contributed by atoms with Crippen LogP contribution in [0.2, 0.25) is 0 Å². The molecule has 5 aliphatic carbocycles. The molecule has 2 spiro atoms. The minimum Gasteiger partial charge on any atom is -0.457 e. The fourth-order valence-electron chi connectivity index (χ4n) is 16.5. The van der Waals surface area contributed by atoms with E-state index in [0.717, 1.165) is 25.7 Å². The third kappa shape index (κ3) is 7.44. The average Bonchev–Trinajstić information content (AvgIpc) is 3.59. The number of carbonyl (C=O) groups is 1. The maximum Gasteiger partial charge on any atom is 0.303 e. The SMILES string of the molecule is CC(=O)OC1C(O)COC(OC2CCC34CC35CCC3(C)C(C6(C)CC(C(C)(C)O)CO6)C(O)CC3(C)C5CC(OC3OCC(O)C(O)C3O)C4C2(C)C)C1OC1OC(C)C(C)C(O)C1O. The van der Waals surface area contributed by atoms with Crippen molar-refractivity contribution in [1.82, 2.24) is 0 Å². The molecule has 0 aromatic rings. The molecule has 25 unspecified atom stereocenters. The second-order valence-corrected chi connectivity index (χ2v) is 24.4. The van der Waals surface area contributed by atoms with Crippen molar-refractivity contribution in [3.05, 3.63) is 0 Å². The number of carbonyl (C=O) groups excluding carboxylic acids is 1. The summed E-state index contributed by atoms with van der Waals surface area (Å²) >= 11 is 0. The molecule has 378 valence electrons. The summed E-state index contributed by atoms with van der Waals surface area (Å²) in [5.74, 6) is -1.40. The first-order valence-electron chi connectivity index (χ1n) is 24.8. The molecule has 5 saturated carbocycles. The minimum absolute atomic E-state index is 0.0681. The highest BCUT2D eigenvalue weighted by Crippen LogP contribution is 2.89. The van der Waals surface area contributed by atoms with Gasteiger partial charge in [0, 0.05) is 24.7 Å². The molecule has 9 aliphatic rings.